The summed E-state index contributed by atoms with van der Waals surface area (Å²) in [6.45, 7) is 6.42. The average molecular weight is 284 g/mol. The Balaban J connectivity index is 1.98. The summed E-state index contributed by atoms with van der Waals surface area (Å²) < 4.78 is 28.8. The van der Waals surface area contributed by atoms with Crippen LogP contribution in [0.25, 0.3) is 0 Å². The van der Waals surface area contributed by atoms with Crippen LogP contribution in [0.4, 0.5) is 0 Å². The fraction of sp³-hybridized carbons (Fsp3) is 0.750. The monoisotopic (exact) mass is 284 g/mol. The van der Waals surface area contributed by atoms with Gasteiger partial charge in [0.1, 0.15) is 0 Å². The van der Waals surface area contributed by atoms with Crippen molar-refractivity contribution in [3.63, 3.8) is 0 Å². The van der Waals surface area contributed by atoms with Crippen LogP contribution in [0.5, 0.6) is 0 Å². The van der Waals surface area contributed by atoms with Crippen molar-refractivity contribution in [1.82, 2.24) is 19.2 Å². The number of nitrogens with zero attached hydrogens (tertiary/aromatic N) is 3. The molecular weight excluding hydrogens is 264 g/mol. The molecule has 2 atom stereocenters. The van der Waals surface area contributed by atoms with Crippen molar-refractivity contribution in [2.45, 2.75) is 24.4 Å². The van der Waals surface area contributed by atoms with Crippen LogP contribution in [0.15, 0.2) is 17.6 Å². The lowest BCUT2D eigenvalue weighted by Gasteiger charge is -2.34. The lowest BCUT2D eigenvalue weighted by Crippen LogP contribution is -2.47. The summed E-state index contributed by atoms with van der Waals surface area (Å²) in [5, 5.41) is 3.50. The van der Waals surface area contributed by atoms with Crippen LogP contribution in [-0.2, 0) is 17.1 Å². The van der Waals surface area contributed by atoms with Crippen molar-refractivity contribution >= 4 is 10.0 Å². The Labute approximate surface area is 113 Å². The second-order valence-corrected chi connectivity index (χ2v) is 7.90. The molecule has 19 heavy (non-hydrogen) atoms. The van der Waals surface area contributed by atoms with Crippen LogP contribution in [0.2, 0.25) is 0 Å². The van der Waals surface area contributed by atoms with Crippen LogP contribution < -0.4 is 5.32 Å². The highest BCUT2D eigenvalue weighted by atomic mass is 32.2. The van der Waals surface area contributed by atoms with Crippen LogP contribution in [-0.4, -0.2) is 47.4 Å². The number of sulfonamides is 1. The molecule has 0 radical (unpaired) electrons. The molecule has 1 N–H and O–H groups in total. The van der Waals surface area contributed by atoms with E-state index in [9.17, 15) is 8.42 Å². The molecule has 0 saturated carbocycles. The third kappa shape index (κ3) is 1.83. The fourth-order valence-electron chi connectivity index (χ4n) is 3.43. The first kappa shape index (κ1) is 13.1. The maximum atomic E-state index is 12.7. The van der Waals surface area contributed by atoms with E-state index < -0.39 is 10.0 Å². The highest BCUT2D eigenvalue weighted by Crippen LogP contribution is 2.43. The van der Waals surface area contributed by atoms with Crippen LogP contribution in [0.1, 0.15) is 13.8 Å². The lowest BCUT2D eigenvalue weighted by molar-refractivity contribution is 0.233. The van der Waals surface area contributed by atoms with E-state index in [2.05, 4.69) is 10.3 Å². The molecule has 7 heteroatoms. The third-order valence-corrected chi connectivity index (χ3v) is 6.47. The van der Waals surface area contributed by atoms with Gasteiger partial charge in [0.2, 0.25) is 0 Å². The predicted octanol–water partition coefficient (Wildman–Crippen LogP) is 0.0386. The third-order valence-electron chi connectivity index (χ3n) is 4.53. The van der Waals surface area contributed by atoms with Crippen LogP contribution >= 0.6 is 0 Å². The number of fused-ring (bicyclic) bond motifs is 1. The first-order valence-electron chi connectivity index (χ1n) is 6.55. The number of imidazole rings is 1. The first-order valence-corrected chi connectivity index (χ1v) is 7.99. The predicted molar refractivity (Wildman–Crippen MR) is 71.0 cm³/mol. The maximum Gasteiger partial charge on any atom is 0.262 e. The Bertz CT molecular complexity index is 593. The van der Waals surface area contributed by atoms with Crippen molar-refractivity contribution < 1.29 is 8.42 Å². The van der Waals surface area contributed by atoms with E-state index >= 15 is 0 Å². The summed E-state index contributed by atoms with van der Waals surface area (Å²) in [5.41, 5.74) is -0.357. The Hall–Kier alpha value is -0.920. The van der Waals surface area contributed by atoms with Crippen molar-refractivity contribution in [2.24, 2.45) is 18.9 Å². The molecule has 1 aromatic rings. The van der Waals surface area contributed by atoms with E-state index in [0.29, 0.717) is 18.4 Å². The summed E-state index contributed by atoms with van der Waals surface area (Å²) in [5.74, 6) is 0.791. The zero-order valence-electron chi connectivity index (χ0n) is 11.5. The minimum absolute atomic E-state index is 0.149. The van der Waals surface area contributed by atoms with Crippen molar-refractivity contribution in [2.75, 3.05) is 19.6 Å². The molecule has 0 aliphatic carbocycles. The SMILES string of the molecule is Cn1cnc(S(=O)(=O)N2CC3CNCC3C2(C)C)c1. The molecule has 0 amide bonds. The number of aromatic nitrogens is 2. The number of hydrogen-bond acceptors (Lipinski definition) is 4. The molecule has 2 aliphatic rings. The quantitative estimate of drug-likeness (QED) is 0.832. The van der Waals surface area contributed by atoms with Gasteiger partial charge in [0.15, 0.2) is 5.03 Å². The van der Waals surface area contributed by atoms with Gasteiger partial charge >= 0.3 is 0 Å². The molecule has 2 fully saturated rings. The fourth-order valence-corrected chi connectivity index (χ4v) is 5.28. The smallest absolute Gasteiger partial charge is 0.262 e. The van der Waals surface area contributed by atoms with E-state index in [4.69, 9.17) is 0 Å². The molecule has 0 bridgehead atoms. The largest absolute Gasteiger partial charge is 0.339 e. The number of aryl methyl sites for hydroxylation is 1. The minimum atomic E-state index is -3.49. The van der Waals surface area contributed by atoms with Gasteiger partial charge in [0.05, 0.1) is 6.33 Å². The molecule has 0 aromatic carbocycles. The van der Waals surface area contributed by atoms with E-state index in [1.54, 1.807) is 22.1 Å². The van der Waals surface area contributed by atoms with E-state index in [-0.39, 0.29) is 10.6 Å². The summed E-state index contributed by atoms with van der Waals surface area (Å²) in [6.07, 6.45) is 3.09. The molecule has 2 aliphatic heterocycles. The molecule has 0 spiro atoms. The zero-order chi connectivity index (χ0) is 13.8. The Morgan fingerprint density at radius 1 is 1.42 bits per heavy atom. The molecule has 3 rings (SSSR count). The van der Waals surface area contributed by atoms with Crippen LogP contribution in [0.3, 0.4) is 0 Å². The first-order chi connectivity index (χ1) is 8.83. The van der Waals surface area contributed by atoms with Crippen molar-refractivity contribution in [1.29, 1.82) is 0 Å². The number of hydrogen-bond donors (Lipinski definition) is 1. The van der Waals surface area contributed by atoms with Gasteiger partial charge in [-0.1, -0.05) is 0 Å². The van der Waals surface area contributed by atoms with Gasteiger partial charge in [0.25, 0.3) is 10.0 Å². The Morgan fingerprint density at radius 3 is 2.74 bits per heavy atom. The standard InChI is InChI=1S/C12H20N4O2S/c1-12(2)10-5-13-4-9(10)6-16(12)19(17,18)11-7-15(3)8-14-11/h7-10,13H,4-6H2,1-3H3. The summed E-state index contributed by atoms with van der Waals surface area (Å²) >= 11 is 0. The molecule has 6 nitrogen and oxygen atoms in total. The number of nitrogens with one attached hydrogen (secondary N) is 1. The van der Waals surface area contributed by atoms with Crippen molar-refractivity contribution in [3.8, 4) is 0 Å². The van der Waals surface area contributed by atoms with Gasteiger partial charge in [-0.15, -0.1) is 0 Å². The second kappa shape index (κ2) is 4.04. The van der Waals surface area contributed by atoms with Gasteiger partial charge in [0, 0.05) is 31.9 Å². The normalized spacial score (nSPS) is 30.7. The zero-order valence-corrected chi connectivity index (χ0v) is 12.3. The minimum Gasteiger partial charge on any atom is -0.339 e. The van der Waals surface area contributed by atoms with E-state index in [0.717, 1.165) is 13.1 Å². The molecule has 2 unspecified atom stereocenters. The van der Waals surface area contributed by atoms with Crippen molar-refractivity contribution in [3.05, 3.63) is 12.5 Å². The highest BCUT2D eigenvalue weighted by molar-refractivity contribution is 7.89. The Kier molecular flexibility index (Phi) is 2.78. The van der Waals surface area contributed by atoms with E-state index in [1.165, 1.54) is 6.33 Å². The van der Waals surface area contributed by atoms with Gasteiger partial charge in [-0.25, -0.2) is 13.4 Å². The van der Waals surface area contributed by atoms with E-state index in [1.807, 2.05) is 13.8 Å². The lowest BCUT2D eigenvalue weighted by atomic mass is 9.85. The summed E-state index contributed by atoms with van der Waals surface area (Å²) in [7, 11) is -1.72. The molecule has 1 aromatic heterocycles. The number of rotatable bonds is 2. The average Bonchev–Trinajstić information content (AvgIpc) is 2.97. The van der Waals surface area contributed by atoms with Gasteiger partial charge < -0.3 is 9.88 Å². The summed E-state index contributed by atoms with van der Waals surface area (Å²) in [4.78, 5) is 4.01. The van der Waals surface area contributed by atoms with Crippen LogP contribution in [0, 0.1) is 11.8 Å². The maximum absolute atomic E-state index is 12.7. The molecule has 106 valence electrons. The highest BCUT2D eigenvalue weighted by Gasteiger charge is 2.54. The second-order valence-electron chi connectivity index (χ2n) is 6.09. The summed E-state index contributed by atoms with van der Waals surface area (Å²) in [6, 6.07) is 0. The molecule has 3 heterocycles. The Morgan fingerprint density at radius 2 is 2.16 bits per heavy atom. The van der Waals surface area contributed by atoms with Gasteiger partial charge in [-0.3, -0.25) is 0 Å². The molecule has 2 saturated heterocycles. The topological polar surface area (TPSA) is 67.2 Å². The van der Waals surface area contributed by atoms with Gasteiger partial charge in [-0.05, 0) is 32.2 Å². The van der Waals surface area contributed by atoms with Gasteiger partial charge in [-0.2, -0.15) is 4.31 Å². The molecular formula is C12H20N4O2S.